The molecule has 0 saturated carbocycles. The number of rotatable bonds is 5. The average molecular weight is 499 g/mol. The number of carbonyl (C=O) groups is 2. The smallest absolute Gasteiger partial charge is 0.308 e. The molecule has 0 heterocycles. The first-order valence-electron chi connectivity index (χ1n) is 8.90. The number of benzene rings is 3. The van der Waals surface area contributed by atoms with E-state index >= 15 is 0 Å². The summed E-state index contributed by atoms with van der Waals surface area (Å²) in [5.41, 5.74) is -0.498. The number of urea groups is 1. The molecule has 3 amide bonds. The van der Waals surface area contributed by atoms with Crippen LogP contribution in [-0.4, -0.2) is 20.4 Å². The number of carbonyl (C=O) groups excluding carboxylic acids is 2. The Labute approximate surface area is 192 Å². The van der Waals surface area contributed by atoms with Gasteiger partial charge in [0, 0.05) is 15.7 Å². The monoisotopic (exact) mass is 498 g/mol. The zero-order valence-electron chi connectivity index (χ0n) is 16.0. The number of halogens is 4. The molecule has 3 rings (SSSR count). The van der Waals surface area contributed by atoms with Crippen LogP contribution in [-0.2, 0) is 15.6 Å². The Balaban J connectivity index is 1.69. The summed E-state index contributed by atoms with van der Waals surface area (Å²) >= 11 is 11.9. The fourth-order valence-electron chi connectivity index (χ4n) is 2.71. The molecule has 0 fully saturated rings. The largest absolute Gasteiger partial charge is 0.326 e. The Morgan fingerprint density at radius 1 is 0.906 bits per heavy atom. The van der Waals surface area contributed by atoms with Crippen molar-refractivity contribution in [2.75, 3.05) is 5.32 Å². The number of imide groups is 1. The van der Waals surface area contributed by atoms with Gasteiger partial charge in [-0.05, 0) is 54.1 Å². The Hall–Kier alpha value is -3.01. The normalized spacial score (nSPS) is 11.1. The third-order valence-electron chi connectivity index (χ3n) is 4.25. The summed E-state index contributed by atoms with van der Waals surface area (Å²) in [5, 5.41) is 4.54. The van der Waals surface area contributed by atoms with Gasteiger partial charge in [-0.3, -0.25) is 10.1 Å². The van der Waals surface area contributed by atoms with Gasteiger partial charge in [0.15, 0.2) is 9.84 Å². The van der Waals surface area contributed by atoms with Gasteiger partial charge >= 0.3 is 6.03 Å². The van der Waals surface area contributed by atoms with Gasteiger partial charge in [-0.1, -0.05) is 35.3 Å². The van der Waals surface area contributed by atoms with Gasteiger partial charge in [0.05, 0.1) is 10.6 Å². The Morgan fingerprint density at radius 3 is 2.12 bits per heavy atom. The molecule has 0 unspecified atom stereocenters. The zero-order chi connectivity index (χ0) is 23.5. The van der Waals surface area contributed by atoms with Gasteiger partial charge in [0.25, 0.3) is 5.91 Å². The molecule has 0 spiro atoms. The van der Waals surface area contributed by atoms with Crippen molar-refractivity contribution in [1.82, 2.24) is 5.32 Å². The van der Waals surface area contributed by atoms with Crippen molar-refractivity contribution < 1.29 is 26.8 Å². The second kappa shape index (κ2) is 9.64. The van der Waals surface area contributed by atoms with Crippen LogP contribution in [0.5, 0.6) is 0 Å². The van der Waals surface area contributed by atoms with Crippen molar-refractivity contribution in [2.45, 2.75) is 10.6 Å². The molecule has 3 aromatic carbocycles. The zero-order valence-corrected chi connectivity index (χ0v) is 18.4. The number of hydrogen-bond acceptors (Lipinski definition) is 4. The molecule has 32 heavy (non-hydrogen) atoms. The summed E-state index contributed by atoms with van der Waals surface area (Å²) in [7, 11) is -3.70. The lowest BCUT2D eigenvalue weighted by Crippen LogP contribution is -2.35. The summed E-state index contributed by atoms with van der Waals surface area (Å²) in [6.45, 7) is 0. The molecule has 0 aliphatic carbocycles. The van der Waals surface area contributed by atoms with E-state index in [4.69, 9.17) is 23.2 Å². The summed E-state index contributed by atoms with van der Waals surface area (Å²) < 4.78 is 52.4. The van der Waals surface area contributed by atoms with Crippen LogP contribution in [0.2, 0.25) is 10.0 Å². The van der Waals surface area contributed by atoms with Gasteiger partial charge in [-0.2, -0.15) is 0 Å². The van der Waals surface area contributed by atoms with Gasteiger partial charge in [0.2, 0.25) is 0 Å². The van der Waals surface area contributed by atoms with Crippen molar-refractivity contribution in [2.24, 2.45) is 0 Å². The van der Waals surface area contributed by atoms with Gasteiger partial charge in [-0.15, -0.1) is 0 Å². The quantitative estimate of drug-likeness (QED) is 0.505. The van der Waals surface area contributed by atoms with E-state index in [-0.39, 0.29) is 21.2 Å². The van der Waals surface area contributed by atoms with Crippen molar-refractivity contribution >= 4 is 50.7 Å². The molecule has 0 radical (unpaired) electrons. The second-order valence-electron chi connectivity index (χ2n) is 6.52. The Morgan fingerprint density at radius 2 is 1.53 bits per heavy atom. The van der Waals surface area contributed by atoms with E-state index in [9.17, 15) is 26.8 Å². The van der Waals surface area contributed by atoms with Crippen LogP contribution in [0.4, 0.5) is 19.3 Å². The topological polar surface area (TPSA) is 92.3 Å². The van der Waals surface area contributed by atoms with Crippen molar-refractivity contribution in [3.05, 3.63) is 93.5 Å². The number of sulfone groups is 1. The van der Waals surface area contributed by atoms with Crippen molar-refractivity contribution in [3.63, 3.8) is 0 Å². The highest BCUT2D eigenvalue weighted by molar-refractivity contribution is 7.90. The van der Waals surface area contributed by atoms with Crippen LogP contribution in [0.3, 0.4) is 0 Å². The van der Waals surface area contributed by atoms with E-state index in [0.29, 0.717) is 5.02 Å². The van der Waals surface area contributed by atoms with Crippen LogP contribution in [0, 0.1) is 11.6 Å². The highest BCUT2D eigenvalue weighted by Crippen LogP contribution is 2.26. The molecule has 6 nitrogen and oxygen atoms in total. The number of amides is 3. The maximum atomic E-state index is 13.6. The van der Waals surface area contributed by atoms with Gasteiger partial charge in [0.1, 0.15) is 17.2 Å². The highest BCUT2D eigenvalue weighted by Gasteiger charge is 2.20. The maximum absolute atomic E-state index is 13.6. The molecule has 0 aromatic heterocycles. The first kappa shape index (κ1) is 23.6. The Kier molecular flexibility index (Phi) is 7.12. The van der Waals surface area contributed by atoms with Crippen molar-refractivity contribution in [1.29, 1.82) is 0 Å². The molecule has 0 aliphatic rings. The second-order valence-corrected chi connectivity index (χ2v) is 9.36. The van der Waals surface area contributed by atoms with Gasteiger partial charge in [-0.25, -0.2) is 22.0 Å². The molecular weight excluding hydrogens is 485 g/mol. The number of anilines is 1. The summed E-state index contributed by atoms with van der Waals surface area (Å²) in [6.07, 6.45) is 0. The molecule has 3 aromatic rings. The van der Waals surface area contributed by atoms with Gasteiger partial charge < -0.3 is 5.32 Å². The van der Waals surface area contributed by atoms with Crippen molar-refractivity contribution in [3.8, 4) is 0 Å². The van der Waals surface area contributed by atoms with E-state index in [1.54, 1.807) is 5.32 Å². The molecule has 2 N–H and O–H groups in total. The van der Waals surface area contributed by atoms with E-state index in [2.05, 4.69) is 5.32 Å². The third-order valence-corrected chi connectivity index (χ3v) is 6.53. The van der Waals surface area contributed by atoms with E-state index < -0.39 is 44.7 Å². The molecule has 0 saturated heterocycles. The van der Waals surface area contributed by atoms with Crippen LogP contribution < -0.4 is 10.6 Å². The first-order valence-corrected chi connectivity index (χ1v) is 11.3. The number of hydrogen-bond donors (Lipinski definition) is 2. The lowest BCUT2D eigenvalue weighted by atomic mass is 10.2. The molecule has 166 valence electrons. The average Bonchev–Trinajstić information content (AvgIpc) is 2.70. The summed E-state index contributed by atoms with van der Waals surface area (Å²) in [6, 6.07) is 11.5. The lowest BCUT2D eigenvalue weighted by Gasteiger charge is -2.11. The predicted molar refractivity (Wildman–Crippen MR) is 117 cm³/mol. The van der Waals surface area contributed by atoms with Crippen LogP contribution in [0.15, 0.2) is 65.6 Å². The summed E-state index contributed by atoms with van der Waals surface area (Å²) in [4.78, 5) is 24.1. The molecule has 11 heteroatoms. The minimum absolute atomic E-state index is 0.0480. The third kappa shape index (κ3) is 5.61. The van der Waals surface area contributed by atoms with E-state index in [0.717, 1.165) is 18.2 Å². The minimum atomic E-state index is -3.70. The fraction of sp³-hybridized carbons (Fsp3) is 0.0476. The minimum Gasteiger partial charge on any atom is -0.308 e. The highest BCUT2D eigenvalue weighted by atomic mass is 35.5. The molecular formula is C21H14Cl2F2N2O4S. The van der Waals surface area contributed by atoms with Crippen LogP contribution in [0.25, 0.3) is 0 Å². The first-order chi connectivity index (χ1) is 15.1. The van der Waals surface area contributed by atoms with E-state index in [1.807, 2.05) is 0 Å². The van der Waals surface area contributed by atoms with E-state index in [1.165, 1.54) is 42.5 Å². The molecule has 0 bridgehead atoms. The SMILES string of the molecule is O=C(NC(=O)c1c(F)cccc1F)Nc1ccc(CS(=O)(=O)c2ccc(Cl)cc2)c(Cl)c1. The Bertz CT molecular complexity index is 1280. The van der Waals surface area contributed by atoms with Crippen LogP contribution >= 0.6 is 23.2 Å². The fourth-order valence-corrected chi connectivity index (χ4v) is 4.55. The summed E-state index contributed by atoms with van der Waals surface area (Å²) in [5.74, 6) is -3.91. The maximum Gasteiger partial charge on any atom is 0.326 e. The lowest BCUT2D eigenvalue weighted by molar-refractivity contribution is 0.0959. The molecule has 0 atom stereocenters. The predicted octanol–water partition coefficient (Wildman–Crippen LogP) is 5.21. The standard InChI is InChI=1S/C21H14Cl2F2N2O4S/c22-13-5-8-15(9-6-13)32(30,31)11-12-4-7-14(10-16(12)23)26-21(29)27-20(28)19-17(24)2-1-3-18(19)25/h1-10H,11H2,(H2,26,27,28,29). The van der Waals surface area contributed by atoms with Crippen LogP contribution in [0.1, 0.15) is 15.9 Å². The molecule has 0 aliphatic heterocycles. The number of nitrogens with one attached hydrogen (secondary N) is 2.